The van der Waals surface area contributed by atoms with Gasteiger partial charge in [0.15, 0.2) is 5.13 Å². The molecule has 41 heavy (non-hydrogen) atoms. The minimum absolute atomic E-state index is 0.0506. The van der Waals surface area contributed by atoms with E-state index in [1.165, 1.54) is 17.0 Å². The zero-order chi connectivity index (χ0) is 28.7. The zero-order valence-corrected chi connectivity index (χ0v) is 23.4. The quantitative estimate of drug-likeness (QED) is 0.259. The third kappa shape index (κ3) is 5.73. The van der Waals surface area contributed by atoms with Crippen molar-refractivity contribution in [1.82, 2.24) is 14.5 Å². The van der Waals surface area contributed by atoms with Crippen molar-refractivity contribution in [3.63, 3.8) is 0 Å². The number of fused-ring (bicyclic) bond motifs is 1. The summed E-state index contributed by atoms with van der Waals surface area (Å²) in [6.45, 7) is 1.18. The van der Waals surface area contributed by atoms with Crippen molar-refractivity contribution in [2.45, 2.75) is 44.6 Å². The van der Waals surface area contributed by atoms with Crippen LogP contribution in [0, 0.1) is 22.8 Å². The molecule has 1 aliphatic heterocycles. The molecule has 214 valence electrons. The van der Waals surface area contributed by atoms with Gasteiger partial charge in [-0.1, -0.05) is 17.4 Å². The van der Waals surface area contributed by atoms with Crippen LogP contribution in [-0.4, -0.2) is 50.8 Å². The minimum Gasteiger partial charge on any atom is -0.481 e. The minimum atomic E-state index is -1.05. The number of aromatic nitrogens is 3. The molecule has 6 rings (SSSR count). The summed E-state index contributed by atoms with van der Waals surface area (Å²) in [7, 11) is 1.89. The standard InChI is InChI=1S/C30H30F2N4O4S/c1-35-9-6-18-13-20(16-33-28(18)35)23-5-2-21(31)15-24(23)26-27(32)41-30(34-26)36(22-3-4-22)29(39)19(14-25(37)38)12-17-7-10-40-11-8-17/h2,5-6,9,13,15-17,19,22H,3-4,7-8,10-12,14H2,1H3,(H,37,38)/t19-/m1/s1. The van der Waals surface area contributed by atoms with Gasteiger partial charge in [0.1, 0.15) is 17.2 Å². The molecule has 0 unspecified atom stereocenters. The highest BCUT2D eigenvalue weighted by molar-refractivity contribution is 7.14. The van der Waals surface area contributed by atoms with E-state index in [2.05, 4.69) is 9.97 Å². The normalized spacial score (nSPS) is 16.7. The summed E-state index contributed by atoms with van der Waals surface area (Å²) < 4.78 is 37.5. The van der Waals surface area contributed by atoms with Crippen LogP contribution in [-0.2, 0) is 21.4 Å². The number of halogens is 2. The van der Waals surface area contributed by atoms with E-state index in [1.54, 1.807) is 12.3 Å². The lowest BCUT2D eigenvalue weighted by Gasteiger charge is -2.29. The summed E-state index contributed by atoms with van der Waals surface area (Å²) in [5.41, 5.74) is 2.24. The molecule has 1 amide bonds. The Balaban J connectivity index is 1.36. The van der Waals surface area contributed by atoms with E-state index in [4.69, 9.17) is 4.74 Å². The van der Waals surface area contributed by atoms with Crippen LogP contribution >= 0.6 is 11.3 Å². The molecule has 0 bridgehead atoms. The van der Waals surface area contributed by atoms with E-state index in [-0.39, 0.29) is 40.7 Å². The SMILES string of the molecule is Cn1ccc2cc(-c3ccc(F)cc3-c3nc(N(C(=O)[C@@H](CC(=O)O)CC4CCOCC4)C4CC4)sc3F)cnc21. The second kappa shape index (κ2) is 11.3. The Morgan fingerprint density at radius 1 is 1.15 bits per heavy atom. The average molecular weight is 581 g/mol. The fourth-order valence-corrected chi connectivity index (χ4v) is 6.54. The van der Waals surface area contributed by atoms with Crippen molar-refractivity contribution in [1.29, 1.82) is 0 Å². The predicted molar refractivity (Wildman–Crippen MR) is 152 cm³/mol. The number of rotatable bonds is 9. The monoisotopic (exact) mass is 580 g/mol. The molecule has 1 saturated carbocycles. The summed E-state index contributed by atoms with van der Waals surface area (Å²) in [6.07, 6.45) is 6.69. The number of carboxylic acid groups (broad SMARTS) is 1. The van der Waals surface area contributed by atoms with Gasteiger partial charge in [-0.25, -0.2) is 14.4 Å². The Kier molecular flexibility index (Phi) is 7.56. The molecule has 1 aromatic carbocycles. The van der Waals surface area contributed by atoms with E-state index < -0.39 is 22.8 Å². The summed E-state index contributed by atoms with van der Waals surface area (Å²) in [5.74, 6) is -2.50. The molecular formula is C30H30F2N4O4S. The molecule has 1 aliphatic carbocycles. The van der Waals surface area contributed by atoms with Crippen molar-refractivity contribution in [2.24, 2.45) is 18.9 Å². The van der Waals surface area contributed by atoms with E-state index >= 15 is 4.39 Å². The number of ether oxygens (including phenoxy) is 1. The predicted octanol–water partition coefficient (Wildman–Crippen LogP) is 6.05. The van der Waals surface area contributed by atoms with Gasteiger partial charge in [-0.15, -0.1) is 0 Å². The molecule has 4 aromatic rings. The van der Waals surface area contributed by atoms with Crippen LogP contribution in [0.1, 0.15) is 38.5 Å². The first-order valence-corrected chi connectivity index (χ1v) is 14.6. The molecule has 1 N–H and O–H groups in total. The van der Waals surface area contributed by atoms with Crippen LogP contribution in [0.15, 0.2) is 42.7 Å². The third-order valence-corrected chi connectivity index (χ3v) is 8.76. The number of pyridine rings is 1. The van der Waals surface area contributed by atoms with Crippen molar-refractivity contribution < 1.29 is 28.2 Å². The second-order valence-electron chi connectivity index (χ2n) is 10.9. The van der Waals surface area contributed by atoms with Gasteiger partial charge in [0.2, 0.25) is 11.0 Å². The first-order chi connectivity index (χ1) is 19.8. The Hall–Kier alpha value is -3.70. The fourth-order valence-electron chi connectivity index (χ4n) is 5.65. The zero-order valence-electron chi connectivity index (χ0n) is 22.6. The molecule has 8 nitrogen and oxygen atoms in total. The van der Waals surface area contributed by atoms with E-state index in [0.29, 0.717) is 30.8 Å². The topological polar surface area (TPSA) is 97.6 Å². The summed E-state index contributed by atoms with van der Waals surface area (Å²) in [4.78, 5) is 36.2. The molecule has 4 heterocycles. The number of nitrogens with zero attached hydrogens (tertiary/aromatic N) is 4. The molecule has 1 saturated heterocycles. The van der Waals surface area contributed by atoms with Crippen molar-refractivity contribution in [3.05, 3.63) is 53.7 Å². The van der Waals surface area contributed by atoms with Crippen LogP contribution in [0.3, 0.4) is 0 Å². The number of carboxylic acids is 1. The number of hydrogen-bond donors (Lipinski definition) is 1. The highest BCUT2D eigenvalue weighted by atomic mass is 32.1. The lowest BCUT2D eigenvalue weighted by molar-refractivity contribution is -0.141. The van der Waals surface area contributed by atoms with Gasteiger partial charge in [0, 0.05) is 61.1 Å². The Morgan fingerprint density at radius 3 is 2.66 bits per heavy atom. The molecular weight excluding hydrogens is 550 g/mol. The van der Waals surface area contributed by atoms with Crippen LogP contribution < -0.4 is 4.90 Å². The average Bonchev–Trinajstić information content (AvgIpc) is 3.61. The Bertz CT molecular complexity index is 1610. The molecule has 0 radical (unpaired) electrons. The molecule has 2 fully saturated rings. The van der Waals surface area contributed by atoms with E-state index in [1.807, 2.05) is 29.9 Å². The maximum absolute atomic E-state index is 15.6. The molecule has 2 aliphatic rings. The smallest absolute Gasteiger partial charge is 0.304 e. The number of benzene rings is 1. The van der Waals surface area contributed by atoms with Gasteiger partial charge < -0.3 is 14.4 Å². The number of thiazole rings is 1. The summed E-state index contributed by atoms with van der Waals surface area (Å²) in [5, 5.41) is 10.0. The van der Waals surface area contributed by atoms with Gasteiger partial charge in [0.25, 0.3) is 0 Å². The lowest BCUT2D eigenvalue weighted by Crippen LogP contribution is -2.40. The maximum atomic E-state index is 15.6. The number of carbonyl (C=O) groups is 2. The number of aryl methyl sites for hydroxylation is 1. The lowest BCUT2D eigenvalue weighted by atomic mass is 9.86. The highest BCUT2D eigenvalue weighted by Crippen LogP contribution is 2.42. The number of carbonyl (C=O) groups excluding carboxylic acids is 1. The van der Waals surface area contributed by atoms with Crippen LogP contribution in [0.2, 0.25) is 0 Å². The van der Waals surface area contributed by atoms with Crippen LogP contribution in [0.25, 0.3) is 33.4 Å². The Morgan fingerprint density at radius 2 is 1.93 bits per heavy atom. The molecule has 0 spiro atoms. The van der Waals surface area contributed by atoms with E-state index in [0.717, 1.165) is 48.1 Å². The summed E-state index contributed by atoms with van der Waals surface area (Å²) in [6, 6.07) is 7.81. The van der Waals surface area contributed by atoms with Crippen LogP contribution in [0.5, 0.6) is 0 Å². The van der Waals surface area contributed by atoms with Crippen molar-refractivity contribution >= 4 is 39.4 Å². The number of amides is 1. The molecule has 1 atom stereocenters. The van der Waals surface area contributed by atoms with Gasteiger partial charge >= 0.3 is 5.97 Å². The van der Waals surface area contributed by atoms with Gasteiger partial charge in [-0.3, -0.25) is 14.5 Å². The number of hydrogen-bond acceptors (Lipinski definition) is 6. The molecule has 3 aromatic heterocycles. The fraction of sp³-hybridized carbons (Fsp3) is 0.400. The number of aliphatic carboxylic acids is 1. The maximum Gasteiger partial charge on any atom is 0.304 e. The first kappa shape index (κ1) is 27.5. The third-order valence-electron chi connectivity index (χ3n) is 7.91. The first-order valence-electron chi connectivity index (χ1n) is 13.8. The second-order valence-corrected chi connectivity index (χ2v) is 11.8. The molecule has 11 heteroatoms. The summed E-state index contributed by atoms with van der Waals surface area (Å²) >= 11 is 0.730. The van der Waals surface area contributed by atoms with Crippen molar-refractivity contribution in [2.75, 3.05) is 18.1 Å². The van der Waals surface area contributed by atoms with Gasteiger partial charge in [-0.2, -0.15) is 4.39 Å². The Labute approximate surface area is 239 Å². The van der Waals surface area contributed by atoms with E-state index in [9.17, 15) is 19.1 Å². The van der Waals surface area contributed by atoms with Gasteiger partial charge in [0.05, 0.1) is 6.42 Å². The van der Waals surface area contributed by atoms with Crippen molar-refractivity contribution in [3.8, 4) is 22.4 Å². The van der Waals surface area contributed by atoms with Crippen LogP contribution in [0.4, 0.5) is 13.9 Å². The number of anilines is 1. The largest absolute Gasteiger partial charge is 0.481 e. The van der Waals surface area contributed by atoms with Gasteiger partial charge in [-0.05, 0) is 67.9 Å². The highest BCUT2D eigenvalue weighted by Gasteiger charge is 2.40.